The third kappa shape index (κ3) is 3.09. The van der Waals surface area contributed by atoms with Crippen molar-refractivity contribution in [2.45, 2.75) is 19.9 Å². The maximum absolute atomic E-state index is 11.9. The monoisotopic (exact) mass is 252 g/mol. The van der Waals surface area contributed by atoms with Gasteiger partial charge in [0, 0.05) is 6.20 Å². The molecule has 0 aromatic carbocycles. The number of oxime groups is 1. The van der Waals surface area contributed by atoms with Crippen molar-refractivity contribution >= 4 is 11.7 Å². The molecule has 1 unspecified atom stereocenters. The minimum atomic E-state index is -0.616. The van der Waals surface area contributed by atoms with Crippen LogP contribution in [-0.2, 0) is 0 Å². The molecular formula is C11H16N4O3. The zero-order chi connectivity index (χ0) is 13.7. The Kier molecular flexibility index (Phi) is 4.47. The molecule has 0 saturated carbocycles. The average molecular weight is 252 g/mol. The van der Waals surface area contributed by atoms with E-state index in [4.69, 9.17) is 10.9 Å². The zero-order valence-corrected chi connectivity index (χ0v) is 10.2. The Morgan fingerprint density at radius 1 is 1.56 bits per heavy atom. The molecule has 0 fully saturated rings. The van der Waals surface area contributed by atoms with Crippen LogP contribution in [0.1, 0.15) is 24.2 Å². The van der Waals surface area contributed by atoms with Crippen LogP contribution >= 0.6 is 0 Å². The zero-order valence-electron chi connectivity index (χ0n) is 10.2. The van der Waals surface area contributed by atoms with E-state index < -0.39 is 11.9 Å². The minimum absolute atomic E-state index is 0.0613. The van der Waals surface area contributed by atoms with E-state index in [0.717, 1.165) is 0 Å². The van der Waals surface area contributed by atoms with E-state index >= 15 is 0 Å². The molecule has 0 bridgehead atoms. The molecule has 0 radical (unpaired) electrons. The van der Waals surface area contributed by atoms with Crippen molar-refractivity contribution in [2.24, 2.45) is 16.8 Å². The van der Waals surface area contributed by atoms with Crippen LogP contribution in [0.15, 0.2) is 23.6 Å². The number of aromatic hydroxyl groups is 1. The number of amides is 1. The van der Waals surface area contributed by atoms with Gasteiger partial charge in [-0.1, -0.05) is 19.0 Å². The first kappa shape index (κ1) is 13.8. The molecule has 0 aliphatic rings. The smallest absolute Gasteiger partial charge is 0.255 e. The van der Waals surface area contributed by atoms with Crippen molar-refractivity contribution in [1.29, 1.82) is 0 Å². The fourth-order valence-corrected chi connectivity index (χ4v) is 1.44. The molecule has 1 amide bonds. The van der Waals surface area contributed by atoms with Gasteiger partial charge in [-0.3, -0.25) is 9.78 Å². The number of pyridine rings is 1. The molecule has 0 aliphatic carbocycles. The molecule has 7 nitrogen and oxygen atoms in total. The van der Waals surface area contributed by atoms with E-state index in [1.54, 1.807) is 0 Å². The molecule has 0 spiro atoms. The third-order valence-electron chi connectivity index (χ3n) is 2.43. The summed E-state index contributed by atoms with van der Waals surface area (Å²) in [6.45, 7) is 3.63. The van der Waals surface area contributed by atoms with E-state index in [9.17, 15) is 9.90 Å². The van der Waals surface area contributed by atoms with Gasteiger partial charge < -0.3 is 21.4 Å². The van der Waals surface area contributed by atoms with Gasteiger partial charge in [-0.05, 0) is 12.0 Å². The van der Waals surface area contributed by atoms with Gasteiger partial charge >= 0.3 is 0 Å². The predicted octanol–water partition coefficient (Wildman–Crippen LogP) is 0.288. The van der Waals surface area contributed by atoms with Crippen molar-refractivity contribution in [1.82, 2.24) is 10.3 Å². The van der Waals surface area contributed by atoms with Gasteiger partial charge in [0.25, 0.3) is 5.91 Å². The van der Waals surface area contributed by atoms with Crippen LogP contribution in [0.2, 0.25) is 0 Å². The highest BCUT2D eigenvalue weighted by Crippen LogP contribution is 2.14. The molecule has 1 aromatic heterocycles. The second-order valence-electron chi connectivity index (χ2n) is 4.11. The lowest BCUT2D eigenvalue weighted by atomic mass is 10.0. The van der Waals surface area contributed by atoms with E-state index in [1.807, 2.05) is 13.8 Å². The van der Waals surface area contributed by atoms with Crippen LogP contribution in [-0.4, -0.2) is 33.1 Å². The number of nitrogens with zero attached hydrogens (tertiary/aromatic N) is 2. The number of carbonyl (C=O) groups excluding carboxylic acids is 1. The summed E-state index contributed by atoms with van der Waals surface area (Å²) in [6, 6.07) is 0.768. The second-order valence-corrected chi connectivity index (χ2v) is 4.11. The highest BCUT2D eigenvalue weighted by Gasteiger charge is 2.22. The summed E-state index contributed by atoms with van der Waals surface area (Å²) in [6.07, 6.45) is 2.56. The Morgan fingerprint density at radius 2 is 2.22 bits per heavy atom. The topological polar surface area (TPSA) is 121 Å². The van der Waals surface area contributed by atoms with E-state index in [2.05, 4.69) is 15.5 Å². The highest BCUT2D eigenvalue weighted by molar-refractivity contribution is 6.00. The number of nitrogens with one attached hydrogen (secondary N) is 1. The molecule has 18 heavy (non-hydrogen) atoms. The van der Waals surface area contributed by atoms with Crippen molar-refractivity contribution in [3.8, 4) is 5.75 Å². The van der Waals surface area contributed by atoms with E-state index in [0.29, 0.717) is 0 Å². The molecule has 1 rings (SSSR count). The van der Waals surface area contributed by atoms with Crippen LogP contribution < -0.4 is 11.1 Å². The van der Waals surface area contributed by atoms with E-state index in [-0.39, 0.29) is 23.1 Å². The molecule has 1 heterocycles. The standard InChI is InChI=1S/C11H16N4O3/c1-6(2)9(10(12)15-18)14-11(17)7-3-4-13-5-8(7)16/h3-6,9,16,18H,1-2H3,(H2,12,15)(H,14,17). The van der Waals surface area contributed by atoms with E-state index in [1.165, 1.54) is 18.5 Å². The number of rotatable bonds is 4. The third-order valence-corrected chi connectivity index (χ3v) is 2.43. The number of amidine groups is 1. The Labute approximate surface area is 104 Å². The Balaban J connectivity index is 2.89. The quantitative estimate of drug-likeness (QED) is 0.265. The van der Waals surface area contributed by atoms with Crippen LogP contribution in [0.5, 0.6) is 5.75 Å². The molecule has 7 heteroatoms. The summed E-state index contributed by atoms with van der Waals surface area (Å²) in [5, 5.41) is 23.6. The lowest BCUT2D eigenvalue weighted by Crippen LogP contribution is -2.47. The molecule has 98 valence electrons. The predicted molar refractivity (Wildman–Crippen MR) is 65.4 cm³/mol. The maximum Gasteiger partial charge on any atom is 0.255 e. The highest BCUT2D eigenvalue weighted by atomic mass is 16.4. The van der Waals surface area contributed by atoms with Crippen LogP contribution in [0, 0.1) is 5.92 Å². The number of nitrogens with two attached hydrogens (primary N) is 1. The molecule has 0 saturated heterocycles. The van der Waals surface area contributed by atoms with Gasteiger partial charge in [-0.15, -0.1) is 0 Å². The summed E-state index contributed by atoms with van der Waals surface area (Å²) >= 11 is 0. The minimum Gasteiger partial charge on any atom is -0.505 e. The first-order valence-corrected chi connectivity index (χ1v) is 5.38. The average Bonchev–Trinajstić information content (AvgIpc) is 2.35. The maximum atomic E-state index is 11.9. The Bertz CT molecular complexity index is 459. The van der Waals surface area contributed by atoms with Crippen molar-refractivity contribution in [2.75, 3.05) is 0 Å². The SMILES string of the molecule is CC(C)C(NC(=O)c1ccncc1O)/C(N)=N/O. The van der Waals surface area contributed by atoms with Gasteiger partial charge in [0.1, 0.15) is 5.75 Å². The van der Waals surface area contributed by atoms with Gasteiger partial charge in [0.2, 0.25) is 0 Å². The Morgan fingerprint density at radius 3 is 2.72 bits per heavy atom. The lowest BCUT2D eigenvalue weighted by Gasteiger charge is -2.20. The fraction of sp³-hybridized carbons (Fsp3) is 0.364. The summed E-state index contributed by atoms with van der Waals surface area (Å²) in [5.74, 6) is -0.891. The number of carbonyl (C=O) groups is 1. The lowest BCUT2D eigenvalue weighted by molar-refractivity contribution is 0.0936. The Hall–Kier alpha value is -2.31. The van der Waals surface area contributed by atoms with Gasteiger partial charge in [0.15, 0.2) is 5.84 Å². The van der Waals surface area contributed by atoms with Gasteiger partial charge in [-0.2, -0.15) is 0 Å². The molecule has 0 aliphatic heterocycles. The second kappa shape index (κ2) is 5.85. The number of hydrogen-bond donors (Lipinski definition) is 4. The fourth-order valence-electron chi connectivity index (χ4n) is 1.44. The molecule has 1 atom stereocenters. The van der Waals surface area contributed by atoms with Crippen molar-refractivity contribution in [3.63, 3.8) is 0 Å². The van der Waals surface area contributed by atoms with Crippen LogP contribution in [0.25, 0.3) is 0 Å². The first-order valence-electron chi connectivity index (χ1n) is 5.38. The van der Waals surface area contributed by atoms with Crippen molar-refractivity contribution in [3.05, 3.63) is 24.0 Å². The number of aromatic nitrogens is 1. The summed E-state index contributed by atoms with van der Waals surface area (Å²) in [7, 11) is 0. The van der Waals surface area contributed by atoms with Gasteiger partial charge in [0.05, 0.1) is 17.8 Å². The largest absolute Gasteiger partial charge is 0.505 e. The summed E-state index contributed by atoms with van der Waals surface area (Å²) < 4.78 is 0. The summed E-state index contributed by atoms with van der Waals surface area (Å²) in [5.41, 5.74) is 5.58. The molecule has 1 aromatic rings. The summed E-state index contributed by atoms with van der Waals surface area (Å²) in [4.78, 5) is 15.6. The molecular weight excluding hydrogens is 236 g/mol. The number of hydrogen-bond acceptors (Lipinski definition) is 5. The molecule has 5 N–H and O–H groups in total. The van der Waals surface area contributed by atoms with Crippen LogP contribution in [0.4, 0.5) is 0 Å². The normalized spacial score (nSPS) is 13.4. The van der Waals surface area contributed by atoms with Crippen molar-refractivity contribution < 1.29 is 15.1 Å². The van der Waals surface area contributed by atoms with Crippen LogP contribution in [0.3, 0.4) is 0 Å². The van der Waals surface area contributed by atoms with Gasteiger partial charge in [-0.25, -0.2) is 0 Å². The first-order chi connectivity index (χ1) is 8.47.